The summed E-state index contributed by atoms with van der Waals surface area (Å²) in [5, 5.41) is 5.78. The molecule has 0 aromatic carbocycles. The predicted molar refractivity (Wildman–Crippen MR) is 109 cm³/mol. The minimum absolute atomic E-state index is 0.0829. The van der Waals surface area contributed by atoms with Crippen LogP contribution in [0.15, 0.2) is 4.42 Å². The van der Waals surface area contributed by atoms with Crippen LogP contribution in [0.5, 0.6) is 0 Å². The van der Waals surface area contributed by atoms with Gasteiger partial charge in [-0.1, -0.05) is 20.8 Å². The largest absolute Gasteiger partial charge is 0.444 e. The van der Waals surface area contributed by atoms with E-state index in [0.29, 0.717) is 18.9 Å². The molecule has 0 bridgehead atoms. The Morgan fingerprint density at radius 2 is 1.89 bits per heavy atom. The second-order valence-corrected chi connectivity index (χ2v) is 9.24. The summed E-state index contributed by atoms with van der Waals surface area (Å²) in [5.41, 5.74) is 0.868. The van der Waals surface area contributed by atoms with Gasteiger partial charge in [0.15, 0.2) is 0 Å². The van der Waals surface area contributed by atoms with Crippen LogP contribution in [-0.4, -0.2) is 47.4 Å². The van der Waals surface area contributed by atoms with E-state index in [1.54, 1.807) is 6.92 Å². The molecule has 1 aliphatic heterocycles. The Kier molecular flexibility index (Phi) is 7.63. The number of amides is 2. The van der Waals surface area contributed by atoms with Gasteiger partial charge in [0, 0.05) is 13.0 Å². The fraction of sp³-hybridized carbons (Fsp3) is 0.762. The van der Waals surface area contributed by atoms with Gasteiger partial charge in [0.25, 0.3) is 0 Å². The van der Waals surface area contributed by atoms with Crippen molar-refractivity contribution in [2.75, 3.05) is 19.6 Å². The lowest BCUT2D eigenvalue weighted by molar-refractivity contribution is -0.129. The highest BCUT2D eigenvalue weighted by Gasteiger charge is 2.23. The molecule has 1 aromatic heterocycles. The highest BCUT2D eigenvalue weighted by Crippen LogP contribution is 2.20. The lowest BCUT2D eigenvalue weighted by Gasteiger charge is -2.31. The third kappa shape index (κ3) is 7.26. The smallest absolute Gasteiger partial charge is 0.242 e. The molecule has 2 amide bonds. The zero-order chi connectivity index (χ0) is 20.9. The number of aryl methyl sites for hydroxylation is 2. The number of carbonyl (C=O) groups excluding carboxylic acids is 2. The summed E-state index contributed by atoms with van der Waals surface area (Å²) in [7, 11) is 0. The first-order chi connectivity index (χ1) is 13.0. The zero-order valence-corrected chi connectivity index (χ0v) is 18.2. The fourth-order valence-corrected chi connectivity index (χ4v) is 3.38. The minimum Gasteiger partial charge on any atom is -0.444 e. The van der Waals surface area contributed by atoms with E-state index in [-0.39, 0.29) is 17.2 Å². The number of piperidine rings is 1. The molecular formula is C21H36N4O3. The molecule has 0 saturated carbocycles. The van der Waals surface area contributed by atoms with Gasteiger partial charge >= 0.3 is 0 Å². The van der Waals surface area contributed by atoms with Crippen LogP contribution in [0.1, 0.15) is 64.3 Å². The summed E-state index contributed by atoms with van der Waals surface area (Å²) >= 11 is 0. The van der Waals surface area contributed by atoms with Crippen molar-refractivity contribution in [1.82, 2.24) is 20.5 Å². The molecule has 1 atom stereocenters. The molecule has 7 nitrogen and oxygen atoms in total. The van der Waals surface area contributed by atoms with E-state index in [0.717, 1.165) is 49.8 Å². The number of aromatic nitrogens is 1. The van der Waals surface area contributed by atoms with Crippen LogP contribution in [0.2, 0.25) is 0 Å². The first kappa shape index (κ1) is 22.4. The van der Waals surface area contributed by atoms with Gasteiger partial charge in [0.05, 0.1) is 12.2 Å². The Labute approximate surface area is 168 Å². The first-order valence-electron chi connectivity index (χ1n) is 10.3. The van der Waals surface area contributed by atoms with Gasteiger partial charge in [-0.25, -0.2) is 4.98 Å². The van der Waals surface area contributed by atoms with Crippen molar-refractivity contribution in [1.29, 1.82) is 0 Å². The van der Waals surface area contributed by atoms with E-state index in [9.17, 15) is 9.59 Å². The quantitative estimate of drug-likeness (QED) is 0.745. The number of oxazole rings is 1. The van der Waals surface area contributed by atoms with E-state index in [1.165, 1.54) is 0 Å². The summed E-state index contributed by atoms with van der Waals surface area (Å²) in [6.45, 7) is 15.0. The van der Waals surface area contributed by atoms with Gasteiger partial charge in [-0.2, -0.15) is 0 Å². The third-order valence-corrected chi connectivity index (χ3v) is 5.17. The van der Waals surface area contributed by atoms with E-state index >= 15 is 0 Å². The number of hydrogen-bond donors (Lipinski definition) is 2. The predicted octanol–water partition coefficient (Wildman–Crippen LogP) is 2.56. The number of rotatable bonds is 7. The molecule has 28 heavy (non-hydrogen) atoms. The number of nitrogens with one attached hydrogen (secondary N) is 2. The van der Waals surface area contributed by atoms with Crippen molar-refractivity contribution in [3.05, 3.63) is 17.3 Å². The second-order valence-electron chi connectivity index (χ2n) is 9.24. The summed E-state index contributed by atoms with van der Waals surface area (Å²) in [6, 6.07) is -0.508. The van der Waals surface area contributed by atoms with Crippen LogP contribution >= 0.6 is 0 Å². The van der Waals surface area contributed by atoms with Gasteiger partial charge in [-0.05, 0) is 58.0 Å². The monoisotopic (exact) mass is 392 g/mol. The summed E-state index contributed by atoms with van der Waals surface area (Å²) in [5.74, 6) is 1.93. The highest BCUT2D eigenvalue weighted by atomic mass is 16.4. The lowest BCUT2D eigenvalue weighted by Crippen LogP contribution is -2.47. The normalized spacial score (nSPS) is 17.4. The molecule has 0 spiro atoms. The molecule has 1 unspecified atom stereocenters. The van der Waals surface area contributed by atoms with Crippen molar-refractivity contribution in [3.8, 4) is 0 Å². The van der Waals surface area contributed by atoms with Crippen molar-refractivity contribution in [2.24, 2.45) is 11.3 Å². The third-order valence-electron chi connectivity index (χ3n) is 5.17. The van der Waals surface area contributed by atoms with Crippen molar-refractivity contribution in [3.63, 3.8) is 0 Å². The van der Waals surface area contributed by atoms with Crippen LogP contribution < -0.4 is 10.6 Å². The lowest BCUT2D eigenvalue weighted by atomic mass is 9.92. The molecule has 2 rings (SSSR count). The zero-order valence-electron chi connectivity index (χ0n) is 18.2. The summed E-state index contributed by atoms with van der Waals surface area (Å²) in [6.07, 6.45) is 2.47. The number of likely N-dealkylation sites (tertiary alicyclic amines) is 1. The van der Waals surface area contributed by atoms with Crippen LogP contribution in [0.25, 0.3) is 0 Å². The first-order valence-corrected chi connectivity index (χ1v) is 10.3. The average molecular weight is 393 g/mol. The Bertz CT molecular complexity index is 650. The fourth-order valence-electron chi connectivity index (χ4n) is 3.38. The van der Waals surface area contributed by atoms with Crippen LogP contribution in [0.4, 0.5) is 0 Å². The van der Waals surface area contributed by atoms with Crippen LogP contribution in [-0.2, 0) is 16.1 Å². The summed E-state index contributed by atoms with van der Waals surface area (Å²) in [4.78, 5) is 31.0. The Morgan fingerprint density at radius 1 is 1.25 bits per heavy atom. The van der Waals surface area contributed by atoms with Crippen LogP contribution in [0.3, 0.4) is 0 Å². The molecular weight excluding hydrogens is 356 g/mol. The minimum atomic E-state index is -0.508. The molecule has 0 aliphatic carbocycles. The van der Waals surface area contributed by atoms with Gasteiger partial charge in [0.1, 0.15) is 11.8 Å². The van der Waals surface area contributed by atoms with E-state index < -0.39 is 6.04 Å². The van der Waals surface area contributed by atoms with Gasteiger partial charge in [-0.3, -0.25) is 14.5 Å². The van der Waals surface area contributed by atoms with Crippen molar-refractivity contribution >= 4 is 11.8 Å². The van der Waals surface area contributed by atoms with Crippen LogP contribution in [0, 0.1) is 25.2 Å². The van der Waals surface area contributed by atoms with E-state index in [4.69, 9.17) is 4.42 Å². The SMILES string of the molecule is Cc1nc(CN2CCC(CNC(=O)C(C)NC(=O)CC(C)(C)C)CC2)oc1C. The number of hydrogen-bond acceptors (Lipinski definition) is 5. The van der Waals surface area contributed by atoms with Gasteiger partial charge in [0.2, 0.25) is 17.7 Å². The van der Waals surface area contributed by atoms with E-state index in [2.05, 4.69) is 20.5 Å². The van der Waals surface area contributed by atoms with Gasteiger partial charge in [-0.15, -0.1) is 0 Å². The molecule has 0 radical (unpaired) electrons. The second kappa shape index (κ2) is 9.54. The van der Waals surface area contributed by atoms with Gasteiger partial charge < -0.3 is 15.1 Å². The standard InChI is InChI=1S/C21H36N4O3/c1-14-16(3)28-19(24-14)13-25-9-7-17(8-10-25)12-22-20(27)15(2)23-18(26)11-21(4,5)6/h15,17H,7-13H2,1-6H3,(H,22,27)(H,23,26). The Balaban J connectivity index is 1.67. The topological polar surface area (TPSA) is 87.5 Å². The molecule has 1 saturated heterocycles. The average Bonchev–Trinajstić information content (AvgIpc) is 2.89. The Morgan fingerprint density at radius 3 is 2.43 bits per heavy atom. The Hall–Kier alpha value is -1.89. The molecule has 1 aliphatic rings. The molecule has 7 heteroatoms. The highest BCUT2D eigenvalue weighted by molar-refractivity contribution is 5.87. The summed E-state index contributed by atoms with van der Waals surface area (Å²) < 4.78 is 5.67. The van der Waals surface area contributed by atoms with Crippen molar-refractivity contribution in [2.45, 2.75) is 73.4 Å². The maximum atomic E-state index is 12.3. The molecule has 2 N–H and O–H groups in total. The van der Waals surface area contributed by atoms with Crippen molar-refractivity contribution < 1.29 is 14.0 Å². The maximum Gasteiger partial charge on any atom is 0.242 e. The number of carbonyl (C=O) groups is 2. The molecule has 2 heterocycles. The van der Waals surface area contributed by atoms with E-state index in [1.807, 2.05) is 34.6 Å². The molecule has 1 fully saturated rings. The number of nitrogens with zero attached hydrogens (tertiary/aromatic N) is 2. The molecule has 1 aromatic rings. The maximum absolute atomic E-state index is 12.3. The molecule has 158 valence electrons.